The van der Waals surface area contributed by atoms with Crippen LogP contribution in [0, 0.1) is 0 Å². The van der Waals surface area contributed by atoms with E-state index < -0.39 is 0 Å². The normalized spacial score (nSPS) is 19.6. The third-order valence-corrected chi connectivity index (χ3v) is 3.21. The maximum absolute atomic E-state index is 11.9. The van der Waals surface area contributed by atoms with Crippen LogP contribution in [0.1, 0.15) is 12.0 Å². The highest BCUT2D eigenvalue weighted by Gasteiger charge is 2.19. The molecule has 2 aliphatic heterocycles. The average Bonchev–Trinajstić information content (AvgIpc) is 2.40. The van der Waals surface area contributed by atoms with E-state index in [1.165, 1.54) is 0 Å². The van der Waals surface area contributed by atoms with Gasteiger partial charge in [-0.05, 0) is 12.8 Å². The van der Waals surface area contributed by atoms with Crippen LogP contribution in [0.5, 0.6) is 0 Å². The SMILES string of the molecule is O=c1[nH]c(N2CCOCC2)nc2c1CCCN2. The second-order valence-electron chi connectivity index (χ2n) is 4.35. The molecule has 0 amide bonds. The second kappa shape index (κ2) is 4.37. The van der Waals surface area contributed by atoms with Crippen LogP contribution in [-0.2, 0) is 11.2 Å². The molecule has 0 bridgehead atoms. The minimum atomic E-state index is -0.0105. The summed E-state index contributed by atoms with van der Waals surface area (Å²) in [6.45, 7) is 3.83. The molecule has 0 saturated carbocycles. The molecule has 1 fully saturated rings. The lowest BCUT2D eigenvalue weighted by atomic mass is 10.1. The van der Waals surface area contributed by atoms with Crippen LogP contribution in [0.25, 0.3) is 0 Å². The summed E-state index contributed by atoms with van der Waals surface area (Å²) < 4.78 is 5.29. The molecule has 0 aromatic carbocycles. The molecule has 2 aliphatic rings. The van der Waals surface area contributed by atoms with E-state index in [1.54, 1.807) is 0 Å². The lowest BCUT2D eigenvalue weighted by molar-refractivity contribution is 0.122. The van der Waals surface area contributed by atoms with E-state index >= 15 is 0 Å². The van der Waals surface area contributed by atoms with Crippen LogP contribution in [0.15, 0.2) is 4.79 Å². The van der Waals surface area contributed by atoms with Gasteiger partial charge in [0.25, 0.3) is 5.56 Å². The smallest absolute Gasteiger partial charge is 0.257 e. The van der Waals surface area contributed by atoms with Gasteiger partial charge >= 0.3 is 0 Å². The Morgan fingerprint density at radius 2 is 2.12 bits per heavy atom. The van der Waals surface area contributed by atoms with Crippen molar-refractivity contribution in [2.24, 2.45) is 0 Å². The number of fused-ring (bicyclic) bond motifs is 1. The van der Waals surface area contributed by atoms with Gasteiger partial charge in [-0.2, -0.15) is 4.98 Å². The van der Waals surface area contributed by atoms with Gasteiger partial charge in [0.15, 0.2) is 0 Å². The molecule has 1 aromatic heterocycles. The van der Waals surface area contributed by atoms with Crippen molar-refractivity contribution in [2.45, 2.75) is 12.8 Å². The Hall–Kier alpha value is -1.56. The first-order chi connectivity index (χ1) is 8.34. The summed E-state index contributed by atoms with van der Waals surface area (Å²) in [5, 5.41) is 3.19. The highest BCUT2D eigenvalue weighted by molar-refractivity contribution is 5.49. The van der Waals surface area contributed by atoms with Crippen LogP contribution in [-0.4, -0.2) is 42.8 Å². The minimum absolute atomic E-state index is 0.0105. The quantitative estimate of drug-likeness (QED) is 0.716. The van der Waals surface area contributed by atoms with Crippen molar-refractivity contribution < 1.29 is 4.74 Å². The van der Waals surface area contributed by atoms with Crippen LogP contribution in [0.3, 0.4) is 0 Å². The van der Waals surface area contributed by atoms with Gasteiger partial charge in [0.2, 0.25) is 5.95 Å². The summed E-state index contributed by atoms with van der Waals surface area (Å²) in [6, 6.07) is 0. The first-order valence-electron chi connectivity index (χ1n) is 6.04. The Balaban J connectivity index is 1.95. The van der Waals surface area contributed by atoms with Crippen molar-refractivity contribution in [1.29, 1.82) is 0 Å². The lowest BCUT2D eigenvalue weighted by Gasteiger charge is -2.28. The lowest BCUT2D eigenvalue weighted by Crippen LogP contribution is -2.39. The maximum atomic E-state index is 11.9. The predicted octanol–water partition coefficient (Wildman–Crippen LogP) is -0.0354. The molecule has 17 heavy (non-hydrogen) atoms. The molecule has 1 saturated heterocycles. The molecule has 92 valence electrons. The molecule has 3 rings (SSSR count). The number of rotatable bonds is 1. The van der Waals surface area contributed by atoms with E-state index in [0.717, 1.165) is 43.9 Å². The number of nitrogens with zero attached hydrogens (tertiary/aromatic N) is 2. The maximum Gasteiger partial charge on any atom is 0.257 e. The molecule has 0 radical (unpaired) electrons. The van der Waals surface area contributed by atoms with Gasteiger partial charge in [-0.25, -0.2) is 0 Å². The fourth-order valence-electron chi connectivity index (χ4n) is 2.26. The Kier molecular flexibility index (Phi) is 2.72. The number of H-pyrrole nitrogens is 1. The van der Waals surface area contributed by atoms with Gasteiger partial charge in [0, 0.05) is 19.6 Å². The van der Waals surface area contributed by atoms with E-state index in [9.17, 15) is 4.79 Å². The van der Waals surface area contributed by atoms with Gasteiger partial charge in [-0.3, -0.25) is 9.78 Å². The van der Waals surface area contributed by atoms with Crippen molar-refractivity contribution >= 4 is 11.8 Å². The molecule has 0 aliphatic carbocycles. The standard InChI is InChI=1S/C11H16N4O2/c16-10-8-2-1-3-12-9(8)13-11(14-10)15-4-6-17-7-5-15/h1-7H2,(H2,12,13,14,16). The van der Waals surface area contributed by atoms with Crippen LogP contribution in [0.2, 0.25) is 0 Å². The van der Waals surface area contributed by atoms with Gasteiger partial charge in [-0.1, -0.05) is 0 Å². The third-order valence-electron chi connectivity index (χ3n) is 3.21. The molecule has 3 heterocycles. The molecule has 6 nitrogen and oxygen atoms in total. The largest absolute Gasteiger partial charge is 0.378 e. The van der Waals surface area contributed by atoms with E-state index in [0.29, 0.717) is 19.2 Å². The molecular weight excluding hydrogens is 220 g/mol. The van der Waals surface area contributed by atoms with E-state index in [1.807, 2.05) is 0 Å². The number of ether oxygens (including phenoxy) is 1. The number of hydrogen-bond acceptors (Lipinski definition) is 5. The van der Waals surface area contributed by atoms with E-state index in [-0.39, 0.29) is 5.56 Å². The van der Waals surface area contributed by atoms with Crippen molar-refractivity contribution in [2.75, 3.05) is 43.1 Å². The minimum Gasteiger partial charge on any atom is -0.378 e. The summed E-state index contributed by atoms with van der Waals surface area (Å²) in [5.74, 6) is 1.41. The summed E-state index contributed by atoms with van der Waals surface area (Å²) in [6.07, 6.45) is 1.81. The van der Waals surface area contributed by atoms with Crippen molar-refractivity contribution in [3.8, 4) is 0 Å². The summed E-state index contributed by atoms with van der Waals surface area (Å²) in [4.78, 5) is 21.4. The zero-order valence-corrected chi connectivity index (χ0v) is 9.66. The highest BCUT2D eigenvalue weighted by Crippen LogP contribution is 2.18. The van der Waals surface area contributed by atoms with Gasteiger partial charge in [-0.15, -0.1) is 0 Å². The molecule has 0 unspecified atom stereocenters. The van der Waals surface area contributed by atoms with Crippen LogP contribution < -0.4 is 15.8 Å². The Morgan fingerprint density at radius 1 is 1.29 bits per heavy atom. The monoisotopic (exact) mass is 236 g/mol. The zero-order chi connectivity index (χ0) is 11.7. The van der Waals surface area contributed by atoms with Crippen LogP contribution >= 0.6 is 0 Å². The summed E-state index contributed by atoms with van der Waals surface area (Å²) in [7, 11) is 0. The van der Waals surface area contributed by atoms with Gasteiger partial charge in [0.1, 0.15) is 5.82 Å². The Bertz CT molecular complexity index is 465. The first kappa shape index (κ1) is 10.6. The number of aromatic amines is 1. The van der Waals surface area contributed by atoms with Crippen molar-refractivity contribution in [1.82, 2.24) is 9.97 Å². The second-order valence-corrected chi connectivity index (χ2v) is 4.35. The number of aromatic nitrogens is 2. The molecule has 6 heteroatoms. The van der Waals surface area contributed by atoms with Crippen LogP contribution in [0.4, 0.5) is 11.8 Å². The topological polar surface area (TPSA) is 70.2 Å². The molecule has 0 atom stereocenters. The third kappa shape index (κ3) is 2.00. The molecule has 0 spiro atoms. The zero-order valence-electron chi connectivity index (χ0n) is 9.66. The molecule has 2 N–H and O–H groups in total. The van der Waals surface area contributed by atoms with Gasteiger partial charge in [0.05, 0.1) is 18.8 Å². The molecular formula is C11H16N4O2. The number of hydrogen-bond donors (Lipinski definition) is 2. The van der Waals surface area contributed by atoms with E-state index in [2.05, 4.69) is 20.2 Å². The summed E-state index contributed by atoms with van der Waals surface area (Å²) in [5.41, 5.74) is 0.775. The van der Waals surface area contributed by atoms with Gasteiger partial charge < -0.3 is 15.0 Å². The fourth-order valence-corrected chi connectivity index (χ4v) is 2.26. The molecule has 1 aromatic rings. The Labute approximate surface area is 99.0 Å². The van der Waals surface area contributed by atoms with Crippen molar-refractivity contribution in [3.05, 3.63) is 15.9 Å². The fraction of sp³-hybridized carbons (Fsp3) is 0.636. The number of anilines is 2. The average molecular weight is 236 g/mol. The predicted molar refractivity (Wildman–Crippen MR) is 64.7 cm³/mol. The Morgan fingerprint density at radius 3 is 2.94 bits per heavy atom. The number of morpholine rings is 1. The first-order valence-corrected chi connectivity index (χ1v) is 6.04. The van der Waals surface area contributed by atoms with E-state index in [4.69, 9.17) is 4.74 Å². The van der Waals surface area contributed by atoms with Crippen molar-refractivity contribution in [3.63, 3.8) is 0 Å². The number of nitrogens with one attached hydrogen (secondary N) is 2. The highest BCUT2D eigenvalue weighted by atomic mass is 16.5. The summed E-state index contributed by atoms with van der Waals surface area (Å²) >= 11 is 0.